The second kappa shape index (κ2) is 6.97. The summed E-state index contributed by atoms with van der Waals surface area (Å²) in [5, 5.41) is 18.4. The molecule has 0 unspecified atom stereocenters. The molecule has 0 saturated carbocycles. The predicted octanol–water partition coefficient (Wildman–Crippen LogP) is 0.463. The van der Waals surface area contributed by atoms with Crippen LogP contribution >= 0.6 is 11.6 Å². The van der Waals surface area contributed by atoms with Crippen LogP contribution in [0.2, 0.25) is 5.02 Å². The number of carbonyl (C=O) groups is 2. The number of benzene rings is 1. The van der Waals surface area contributed by atoms with Crippen molar-refractivity contribution in [2.75, 3.05) is 12.8 Å². The van der Waals surface area contributed by atoms with Gasteiger partial charge >= 0.3 is 5.97 Å². The summed E-state index contributed by atoms with van der Waals surface area (Å²) in [7, 11) is -3.41. The first-order chi connectivity index (χ1) is 11.2. The Morgan fingerprint density at radius 3 is 2.62 bits per heavy atom. The van der Waals surface area contributed by atoms with Crippen LogP contribution in [0.25, 0.3) is 0 Å². The van der Waals surface area contributed by atoms with Gasteiger partial charge in [-0.2, -0.15) is 0 Å². The molecule has 2 aromatic rings. The van der Waals surface area contributed by atoms with E-state index in [-0.39, 0.29) is 34.3 Å². The fourth-order valence-corrected chi connectivity index (χ4v) is 2.77. The van der Waals surface area contributed by atoms with E-state index in [4.69, 9.17) is 16.7 Å². The van der Waals surface area contributed by atoms with Crippen molar-refractivity contribution in [3.05, 3.63) is 40.7 Å². The highest BCUT2D eigenvalue weighted by molar-refractivity contribution is 7.90. The van der Waals surface area contributed by atoms with E-state index in [1.807, 2.05) is 0 Å². The molecule has 0 aliphatic rings. The average Bonchev–Trinajstić information content (AvgIpc) is 2.95. The van der Waals surface area contributed by atoms with Gasteiger partial charge in [-0.05, 0) is 18.2 Å². The first-order valence-corrected chi connectivity index (χ1v) is 8.86. The van der Waals surface area contributed by atoms with Gasteiger partial charge in [-0.1, -0.05) is 16.8 Å². The Labute approximate surface area is 142 Å². The Hall–Kier alpha value is -2.46. The van der Waals surface area contributed by atoms with Gasteiger partial charge in [0.05, 0.1) is 28.2 Å². The summed E-state index contributed by atoms with van der Waals surface area (Å²) in [4.78, 5) is 22.7. The first kappa shape index (κ1) is 17.9. The van der Waals surface area contributed by atoms with Crippen molar-refractivity contribution in [3.63, 3.8) is 0 Å². The number of halogens is 1. The van der Waals surface area contributed by atoms with Gasteiger partial charge in [-0.3, -0.25) is 4.79 Å². The quantitative estimate of drug-likeness (QED) is 0.753. The van der Waals surface area contributed by atoms with E-state index < -0.39 is 21.7 Å². The van der Waals surface area contributed by atoms with Crippen molar-refractivity contribution in [2.24, 2.45) is 0 Å². The minimum Gasteiger partial charge on any atom is -0.476 e. The number of sulfone groups is 1. The minimum absolute atomic E-state index is 0.0179. The lowest BCUT2D eigenvalue weighted by atomic mass is 10.2. The maximum atomic E-state index is 12.0. The summed E-state index contributed by atoms with van der Waals surface area (Å²) in [5.74, 6) is -1.68. The lowest BCUT2D eigenvalue weighted by Gasteiger charge is -2.08. The largest absolute Gasteiger partial charge is 0.476 e. The van der Waals surface area contributed by atoms with Crippen LogP contribution in [0.1, 0.15) is 20.8 Å². The molecule has 0 radical (unpaired) electrons. The molecule has 0 aliphatic carbocycles. The lowest BCUT2D eigenvalue weighted by molar-refractivity contribution is 0.0690. The second-order valence-electron chi connectivity index (χ2n) is 4.84. The molecular formula is C13H13ClN4O5S. The van der Waals surface area contributed by atoms with E-state index in [9.17, 15) is 18.0 Å². The molecule has 9 nitrogen and oxygen atoms in total. The van der Waals surface area contributed by atoms with E-state index in [2.05, 4.69) is 15.6 Å². The molecule has 1 aromatic carbocycles. The Morgan fingerprint density at radius 1 is 1.38 bits per heavy atom. The Morgan fingerprint density at radius 2 is 2.08 bits per heavy atom. The molecule has 24 heavy (non-hydrogen) atoms. The fraction of sp³-hybridized carbons (Fsp3) is 0.231. The molecule has 0 bridgehead atoms. The van der Waals surface area contributed by atoms with Crippen molar-refractivity contribution in [3.8, 4) is 0 Å². The number of rotatable bonds is 6. The van der Waals surface area contributed by atoms with E-state index in [1.54, 1.807) is 0 Å². The number of hydrogen-bond acceptors (Lipinski definition) is 6. The maximum Gasteiger partial charge on any atom is 0.358 e. The highest BCUT2D eigenvalue weighted by Gasteiger charge is 2.14. The number of carboxylic acids is 1. The highest BCUT2D eigenvalue weighted by atomic mass is 35.5. The van der Waals surface area contributed by atoms with Gasteiger partial charge in [-0.15, -0.1) is 5.10 Å². The zero-order chi connectivity index (χ0) is 17.9. The van der Waals surface area contributed by atoms with Crippen LogP contribution in [0.15, 0.2) is 29.3 Å². The third kappa shape index (κ3) is 4.30. The predicted molar refractivity (Wildman–Crippen MR) is 83.9 cm³/mol. The van der Waals surface area contributed by atoms with Crippen LogP contribution in [0.4, 0.5) is 0 Å². The molecule has 0 aliphatic heterocycles. The lowest BCUT2D eigenvalue weighted by Crippen LogP contribution is -2.27. The van der Waals surface area contributed by atoms with Crippen molar-refractivity contribution in [2.45, 2.75) is 11.4 Å². The maximum absolute atomic E-state index is 12.0. The molecular weight excluding hydrogens is 360 g/mol. The topological polar surface area (TPSA) is 131 Å². The standard InChI is InChI=1S/C13H13ClN4O5S/c1-24(22,23)8-2-3-9(10(14)6-8)12(19)15-4-5-18-7-11(13(20)21)16-17-18/h2-3,6-7H,4-5H2,1H3,(H,15,19)(H,20,21). The van der Waals surface area contributed by atoms with Crippen molar-refractivity contribution in [1.82, 2.24) is 20.3 Å². The van der Waals surface area contributed by atoms with Gasteiger partial charge in [0.2, 0.25) is 0 Å². The first-order valence-electron chi connectivity index (χ1n) is 6.59. The van der Waals surface area contributed by atoms with E-state index in [0.29, 0.717) is 0 Å². The van der Waals surface area contributed by atoms with E-state index in [1.165, 1.54) is 29.1 Å². The summed E-state index contributed by atoms with van der Waals surface area (Å²) in [5.41, 5.74) is -0.0605. The van der Waals surface area contributed by atoms with Gasteiger partial charge in [0, 0.05) is 12.8 Å². The normalized spacial score (nSPS) is 11.2. The smallest absolute Gasteiger partial charge is 0.358 e. The third-order valence-electron chi connectivity index (χ3n) is 3.00. The molecule has 2 rings (SSSR count). The number of amides is 1. The SMILES string of the molecule is CS(=O)(=O)c1ccc(C(=O)NCCn2cc(C(=O)O)nn2)c(Cl)c1. The second-order valence-corrected chi connectivity index (χ2v) is 7.26. The number of carboxylic acid groups (broad SMARTS) is 1. The van der Waals surface area contributed by atoms with Crippen LogP contribution in [-0.2, 0) is 16.4 Å². The molecule has 0 saturated heterocycles. The molecule has 0 atom stereocenters. The van der Waals surface area contributed by atoms with Crippen molar-refractivity contribution >= 4 is 33.3 Å². The van der Waals surface area contributed by atoms with Crippen LogP contribution in [0.3, 0.4) is 0 Å². The zero-order valence-electron chi connectivity index (χ0n) is 12.4. The molecule has 11 heteroatoms. The zero-order valence-corrected chi connectivity index (χ0v) is 14.0. The Balaban J connectivity index is 1.98. The van der Waals surface area contributed by atoms with Crippen LogP contribution in [0.5, 0.6) is 0 Å². The van der Waals surface area contributed by atoms with Gasteiger partial charge in [-0.25, -0.2) is 17.9 Å². The molecule has 0 fully saturated rings. The van der Waals surface area contributed by atoms with Gasteiger partial charge in [0.1, 0.15) is 0 Å². The van der Waals surface area contributed by atoms with Crippen LogP contribution in [-0.4, -0.2) is 53.2 Å². The number of aromatic nitrogens is 3. The summed E-state index contributed by atoms with van der Waals surface area (Å²) in [6, 6.07) is 3.83. The van der Waals surface area contributed by atoms with Crippen LogP contribution < -0.4 is 5.32 Å². The summed E-state index contributed by atoms with van der Waals surface area (Å²) in [6.45, 7) is 0.371. The number of carbonyl (C=O) groups excluding carboxylic acids is 1. The molecule has 128 valence electrons. The minimum atomic E-state index is -3.41. The number of nitrogens with zero attached hydrogens (tertiary/aromatic N) is 3. The van der Waals surface area contributed by atoms with E-state index >= 15 is 0 Å². The van der Waals surface area contributed by atoms with Crippen molar-refractivity contribution < 1.29 is 23.1 Å². The Bertz CT molecular complexity index is 894. The molecule has 1 aromatic heterocycles. The van der Waals surface area contributed by atoms with E-state index in [0.717, 1.165) is 6.26 Å². The number of aromatic carboxylic acids is 1. The molecule has 2 N–H and O–H groups in total. The van der Waals surface area contributed by atoms with Gasteiger partial charge in [0.15, 0.2) is 15.5 Å². The van der Waals surface area contributed by atoms with Gasteiger partial charge in [0.25, 0.3) is 5.91 Å². The Kier molecular flexibility index (Phi) is 5.20. The summed E-state index contributed by atoms with van der Waals surface area (Å²) < 4.78 is 24.1. The highest BCUT2D eigenvalue weighted by Crippen LogP contribution is 2.20. The molecule has 0 spiro atoms. The third-order valence-corrected chi connectivity index (χ3v) is 4.42. The van der Waals surface area contributed by atoms with Gasteiger partial charge < -0.3 is 10.4 Å². The monoisotopic (exact) mass is 372 g/mol. The number of nitrogens with one attached hydrogen (secondary N) is 1. The molecule has 1 heterocycles. The number of hydrogen-bond donors (Lipinski definition) is 2. The van der Waals surface area contributed by atoms with Crippen LogP contribution in [0, 0.1) is 0 Å². The fourth-order valence-electron chi connectivity index (χ4n) is 1.80. The molecule has 1 amide bonds. The average molecular weight is 373 g/mol. The van der Waals surface area contributed by atoms with Crippen molar-refractivity contribution in [1.29, 1.82) is 0 Å². The summed E-state index contributed by atoms with van der Waals surface area (Å²) >= 11 is 5.95. The summed E-state index contributed by atoms with van der Waals surface area (Å²) in [6.07, 6.45) is 2.28.